The zero-order valence-electron chi connectivity index (χ0n) is 12.5. The van der Waals surface area contributed by atoms with Crippen LogP contribution in [0.2, 0.25) is 0 Å². The first kappa shape index (κ1) is 14.6. The summed E-state index contributed by atoms with van der Waals surface area (Å²) < 4.78 is 5.39. The average molecular weight is 304 g/mol. The highest BCUT2D eigenvalue weighted by atomic mass is 16.5. The van der Waals surface area contributed by atoms with Gasteiger partial charge < -0.3 is 14.5 Å². The van der Waals surface area contributed by atoms with Gasteiger partial charge in [0.25, 0.3) is 0 Å². The largest absolute Gasteiger partial charge is 0.495 e. The SMILES string of the molecule is COc1ccccc1N1CCN(C(=O)C2CC(=O)NN2)CC1. The summed E-state index contributed by atoms with van der Waals surface area (Å²) in [5.41, 5.74) is 6.27. The molecule has 2 amide bonds. The fourth-order valence-electron chi connectivity index (χ4n) is 2.88. The molecule has 1 atom stereocenters. The summed E-state index contributed by atoms with van der Waals surface area (Å²) in [7, 11) is 1.66. The van der Waals surface area contributed by atoms with E-state index in [1.54, 1.807) is 7.11 Å². The number of hydrogen-bond acceptors (Lipinski definition) is 5. The van der Waals surface area contributed by atoms with E-state index >= 15 is 0 Å². The van der Waals surface area contributed by atoms with Crippen molar-refractivity contribution in [1.82, 2.24) is 15.8 Å². The zero-order valence-corrected chi connectivity index (χ0v) is 12.5. The van der Waals surface area contributed by atoms with E-state index in [9.17, 15) is 9.59 Å². The van der Waals surface area contributed by atoms with Crippen LogP contribution in [-0.4, -0.2) is 56.0 Å². The summed E-state index contributed by atoms with van der Waals surface area (Å²) >= 11 is 0. The number of carbonyl (C=O) groups is 2. The molecule has 2 N–H and O–H groups in total. The number of amides is 2. The number of piperazine rings is 1. The molecule has 2 fully saturated rings. The van der Waals surface area contributed by atoms with Gasteiger partial charge in [-0.15, -0.1) is 0 Å². The molecule has 1 unspecified atom stereocenters. The van der Waals surface area contributed by atoms with Crippen molar-refractivity contribution in [1.29, 1.82) is 0 Å². The molecule has 2 heterocycles. The number of hydrogen-bond donors (Lipinski definition) is 2. The summed E-state index contributed by atoms with van der Waals surface area (Å²) in [5, 5.41) is 0. The Hall–Kier alpha value is -2.28. The molecule has 2 saturated heterocycles. The molecule has 0 aliphatic carbocycles. The Labute approximate surface area is 129 Å². The lowest BCUT2D eigenvalue weighted by Crippen LogP contribution is -2.53. The van der Waals surface area contributed by atoms with Crippen LogP contribution >= 0.6 is 0 Å². The smallest absolute Gasteiger partial charge is 0.242 e. The van der Waals surface area contributed by atoms with E-state index in [0.717, 1.165) is 24.5 Å². The van der Waals surface area contributed by atoms with E-state index in [4.69, 9.17) is 4.74 Å². The van der Waals surface area contributed by atoms with Gasteiger partial charge in [-0.2, -0.15) is 0 Å². The Morgan fingerprint density at radius 3 is 2.59 bits per heavy atom. The summed E-state index contributed by atoms with van der Waals surface area (Å²) in [5.74, 6) is 0.693. The van der Waals surface area contributed by atoms with Crippen LogP contribution in [0.15, 0.2) is 24.3 Å². The highest BCUT2D eigenvalue weighted by Gasteiger charge is 2.32. The molecule has 7 heteroatoms. The van der Waals surface area contributed by atoms with Crippen LogP contribution in [0.5, 0.6) is 5.75 Å². The predicted octanol–water partition coefficient (Wildman–Crippen LogP) is -0.263. The van der Waals surface area contributed by atoms with E-state index in [0.29, 0.717) is 13.1 Å². The van der Waals surface area contributed by atoms with Gasteiger partial charge in [0.1, 0.15) is 11.8 Å². The number of rotatable bonds is 3. The van der Waals surface area contributed by atoms with Crippen molar-refractivity contribution in [3.63, 3.8) is 0 Å². The molecule has 118 valence electrons. The Kier molecular flexibility index (Phi) is 4.15. The fraction of sp³-hybridized carbons (Fsp3) is 0.467. The first-order chi connectivity index (χ1) is 10.7. The minimum atomic E-state index is -0.440. The average Bonchev–Trinajstić information content (AvgIpc) is 3.01. The molecule has 1 aromatic rings. The number of carbonyl (C=O) groups excluding carboxylic acids is 2. The maximum atomic E-state index is 12.3. The Bertz CT molecular complexity index is 570. The third-order valence-corrected chi connectivity index (χ3v) is 4.09. The van der Waals surface area contributed by atoms with Gasteiger partial charge in [-0.1, -0.05) is 12.1 Å². The van der Waals surface area contributed by atoms with Crippen LogP contribution in [0.4, 0.5) is 5.69 Å². The first-order valence-corrected chi connectivity index (χ1v) is 7.40. The predicted molar refractivity (Wildman–Crippen MR) is 81.5 cm³/mol. The molecule has 7 nitrogen and oxygen atoms in total. The van der Waals surface area contributed by atoms with Crippen molar-refractivity contribution in [3.05, 3.63) is 24.3 Å². The second-order valence-electron chi connectivity index (χ2n) is 5.43. The molecule has 3 rings (SSSR count). The van der Waals surface area contributed by atoms with Crippen molar-refractivity contribution in [2.24, 2.45) is 0 Å². The van der Waals surface area contributed by atoms with Crippen molar-refractivity contribution in [2.75, 3.05) is 38.2 Å². The topological polar surface area (TPSA) is 73.9 Å². The summed E-state index contributed by atoms with van der Waals surface area (Å²) in [4.78, 5) is 27.5. The van der Waals surface area contributed by atoms with E-state index in [2.05, 4.69) is 15.8 Å². The monoisotopic (exact) mass is 304 g/mol. The lowest BCUT2D eigenvalue weighted by Gasteiger charge is -2.37. The number of benzene rings is 1. The molecule has 0 aromatic heterocycles. The molecule has 0 saturated carbocycles. The molecule has 22 heavy (non-hydrogen) atoms. The van der Waals surface area contributed by atoms with Gasteiger partial charge in [0, 0.05) is 26.2 Å². The highest BCUT2D eigenvalue weighted by Crippen LogP contribution is 2.28. The van der Waals surface area contributed by atoms with Crippen LogP contribution in [0.3, 0.4) is 0 Å². The van der Waals surface area contributed by atoms with Crippen LogP contribution in [0.1, 0.15) is 6.42 Å². The van der Waals surface area contributed by atoms with Gasteiger partial charge in [0.05, 0.1) is 19.2 Å². The maximum Gasteiger partial charge on any atom is 0.242 e. The molecule has 2 aliphatic heterocycles. The van der Waals surface area contributed by atoms with Gasteiger partial charge in [0.15, 0.2) is 0 Å². The van der Waals surface area contributed by atoms with Gasteiger partial charge >= 0.3 is 0 Å². The third kappa shape index (κ3) is 2.85. The maximum absolute atomic E-state index is 12.3. The van der Waals surface area contributed by atoms with Gasteiger partial charge in [-0.25, -0.2) is 5.43 Å². The number of methoxy groups -OCH3 is 1. The van der Waals surface area contributed by atoms with Gasteiger partial charge in [-0.05, 0) is 12.1 Å². The summed E-state index contributed by atoms with van der Waals surface area (Å²) in [6.45, 7) is 2.78. The lowest BCUT2D eigenvalue weighted by molar-refractivity contribution is -0.134. The summed E-state index contributed by atoms with van der Waals surface area (Å²) in [6.07, 6.45) is 0.214. The van der Waals surface area contributed by atoms with Crippen molar-refractivity contribution < 1.29 is 14.3 Å². The third-order valence-electron chi connectivity index (χ3n) is 4.09. The molecular formula is C15H20N4O3. The molecule has 2 aliphatic rings. The molecule has 1 aromatic carbocycles. The second kappa shape index (κ2) is 6.23. The van der Waals surface area contributed by atoms with Crippen LogP contribution in [0.25, 0.3) is 0 Å². The normalized spacial score (nSPS) is 21.7. The second-order valence-corrected chi connectivity index (χ2v) is 5.43. The zero-order chi connectivity index (χ0) is 15.5. The Morgan fingerprint density at radius 1 is 1.23 bits per heavy atom. The minimum Gasteiger partial charge on any atom is -0.495 e. The number of nitrogens with zero attached hydrogens (tertiary/aromatic N) is 2. The Morgan fingerprint density at radius 2 is 1.95 bits per heavy atom. The number of ether oxygens (including phenoxy) is 1. The molecule has 0 bridgehead atoms. The van der Waals surface area contributed by atoms with Gasteiger partial charge in [0.2, 0.25) is 11.8 Å². The lowest BCUT2D eigenvalue weighted by atomic mass is 10.1. The van der Waals surface area contributed by atoms with E-state index in [1.165, 1.54) is 0 Å². The van der Waals surface area contributed by atoms with Crippen LogP contribution < -0.4 is 20.5 Å². The minimum absolute atomic E-state index is 0.0157. The van der Waals surface area contributed by atoms with Crippen molar-refractivity contribution >= 4 is 17.5 Å². The van der Waals surface area contributed by atoms with Crippen LogP contribution in [0, 0.1) is 0 Å². The van der Waals surface area contributed by atoms with Gasteiger partial charge in [-0.3, -0.25) is 15.0 Å². The number of anilines is 1. The van der Waals surface area contributed by atoms with Crippen molar-refractivity contribution in [2.45, 2.75) is 12.5 Å². The first-order valence-electron chi connectivity index (χ1n) is 7.40. The Balaban J connectivity index is 1.60. The molecular weight excluding hydrogens is 284 g/mol. The summed E-state index contributed by atoms with van der Waals surface area (Å²) in [6, 6.07) is 7.45. The quantitative estimate of drug-likeness (QED) is 0.805. The number of para-hydroxylation sites is 2. The van der Waals surface area contributed by atoms with Crippen molar-refractivity contribution in [3.8, 4) is 5.75 Å². The molecule has 0 radical (unpaired) electrons. The number of nitrogens with one attached hydrogen (secondary N) is 2. The van der Waals surface area contributed by atoms with Crippen LogP contribution in [-0.2, 0) is 9.59 Å². The standard InChI is InChI=1S/C15H20N4O3/c1-22-13-5-3-2-4-12(13)18-6-8-19(9-7-18)15(21)11-10-14(20)17-16-11/h2-5,11,16H,6-10H2,1H3,(H,17,20). The van der Waals surface area contributed by atoms with E-state index in [-0.39, 0.29) is 18.2 Å². The fourth-order valence-corrected chi connectivity index (χ4v) is 2.88. The number of hydrazine groups is 1. The van der Waals surface area contributed by atoms with E-state index < -0.39 is 6.04 Å². The highest BCUT2D eigenvalue weighted by molar-refractivity contribution is 5.91. The molecule has 0 spiro atoms. The van der Waals surface area contributed by atoms with E-state index in [1.807, 2.05) is 29.2 Å².